The molecule has 1 N–H and O–H groups in total. The monoisotopic (exact) mass is 433 g/mol. The minimum Gasteiger partial charge on any atom is -0.493 e. The Balaban J connectivity index is 1.35. The van der Waals surface area contributed by atoms with Gasteiger partial charge in [0.25, 0.3) is 11.8 Å². The van der Waals surface area contributed by atoms with Gasteiger partial charge in [-0.15, -0.1) is 0 Å². The van der Waals surface area contributed by atoms with Crippen LogP contribution in [0.25, 0.3) is 5.65 Å². The van der Waals surface area contributed by atoms with E-state index >= 15 is 0 Å². The van der Waals surface area contributed by atoms with Gasteiger partial charge in [-0.1, -0.05) is 25.0 Å². The zero-order chi connectivity index (χ0) is 21.9. The van der Waals surface area contributed by atoms with Crippen molar-refractivity contribution in [3.63, 3.8) is 0 Å². The second kappa shape index (κ2) is 8.98. The van der Waals surface area contributed by atoms with E-state index in [0.717, 1.165) is 32.1 Å². The van der Waals surface area contributed by atoms with Crippen LogP contribution >= 0.6 is 0 Å². The molecule has 0 radical (unpaired) electrons. The smallest absolute Gasteiger partial charge is 0.259 e. The number of para-hydroxylation sites is 1. The summed E-state index contributed by atoms with van der Waals surface area (Å²) < 4.78 is 7.48. The third kappa shape index (κ3) is 4.04. The maximum atomic E-state index is 13.3. The van der Waals surface area contributed by atoms with Gasteiger partial charge in [0.05, 0.1) is 18.4 Å². The maximum Gasteiger partial charge on any atom is 0.259 e. The van der Waals surface area contributed by atoms with Crippen molar-refractivity contribution in [2.24, 2.45) is 5.92 Å². The Morgan fingerprint density at radius 2 is 2.03 bits per heavy atom. The first-order chi connectivity index (χ1) is 15.7. The Hall–Kier alpha value is -3.42. The second-order valence-corrected chi connectivity index (χ2v) is 8.52. The third-order valence-electron chi connectivity index (χ3n) is 6.46. The number of fused-ring (bicyclic) bond motifs is 3. The molecule has 0 bridgehead atoms. The quantitative estimate of drug-likeness (QED) is 0.637. The van der Waals surface area contributed by atoms with Gasteiger partial charge in [0.2, 0.25) is 0 Å². The fourth-order valence-corrected chi connectivity index (χ4v) is 4.74. The summed E-state index contributed by atoms with van der Waals surface area (Å²) in [5.41, 5.74) is 1.67. The molecule has 0 saturated carbocycles. The number of hydrogen-bond donors (Lipinski definition) is 1. The highest BCUT2D eigenvalue weighted by Crippen LogP contribution is 2.27. The lowest BCUT2D eigenvalue weighted by Gasteiger charge is -2.39. The predicted molar refractivity (Wildman–Crippen MR) is 119 cm³/mol. The number of hydrogen-bond acceptors (Lipinski definition) is 5. The molecule has 2 atom stereocenters. The van der Waals surface area contributed by atoms with E-state index in [2.05, 4.69) is 15.4 Å². The van der Waals surface area contributed by atoms with Crippen molar-refractivity contribution < 1.29 is 14.3 Å². The number of rotatable bonds is 1. The van der Waals surface area contributed by atoms with Crippen LogP contribution < -0.4 is 10.1 Å². The first kappa shape index (κ1) is 20.5. The molecule has 2 amide bonds. The van der Waals surface area contributed by atoms with E-state index in [1.54, 1.807) is 29.2 Å². The number of carbonyl (C=O) groups excluding carboxylic acids is 2. The largest absolute Gasteiger partial charge is 0.493 e. The van der Waals surface area contributed by atoms with Crippen LogP contribution in [0, 0.1) is 5.92 Å². The molecule has 0 spiro atoms. The Bertz CT molecular complexity index is 1130. The van der Waals surface area contributed by atoms with E-state index < -0.39 is 0 Å². The van der Waals surface area contributed by atoms with Crippen LogP contribution in [0.2, 0.25) is 0 Å². The van der Waals surface area contributed by atoms with Gasteiger partial charge in [-0.05, 0) is 43.4 Å². The Labute approximate surface area is 186 Å². The summed E-state index contributed by atoms with van der Waals surface area (Å²) in [7, 11) is 0. The van der Waals surface area contributed by atoms with Gasteiger partial charge < -0.3 is 15.0 Å². The van der Waals surface area contributed by atoms with E-state index in [4.69, 9.17) is 4.74 Å². The number of nitrogens with one attached hydrogen (secondary N) is 1. The molecule has 1 saturated heterocycles. The Morgan fingerprint density at radius 1 is 1.12 bits per heavy atom. The molecule has 8 nitrogen and oxygen atoms in total. The highest BCUT2D eigenvalue weighted by Gasteiger charge is 2.34. The molecule has 3 aromatic rings. The van der Waals surface area contributed by atoms with E-state index in [1.807, 2.05) is 29.2 Å². The minimum atomic E-state index is -0.109. The fraction of sp³-hybridized carbons (Fsp3) is 0.417. The van der Waals surface area contributed by atoms with Gasteiger partial charge in [0.15, 0.2) is 5.65 Å². The standard InChI is InChI=1S/C24H27N5O3/c30-23-18-8-3-4-9-21(18)32-14-5-1-2-7-17-16-28(13-10-20(17)27-23)24(31)19-15-26-29-12-6-11-25-22(19)29/h3-4,6,8-9,11-12,15,17,20H,1-2,5,7,10,13-14,16H2,(H,27,30)/t17-,20+/m0/s1. The SMILES string of the molecule is O=C1N[C@@H]2CCN(C(=O)c3cnn4cccnc34)C[C@@H]2CCCCCOc2ccccc21. The average Bonchev–Trinajstić information content (AvgIpc) is 3.25. The molecule has 2 aliphatic rings. The van der Waals surface area contributed by atoms with Crippen LogP contribution in [0.4, 0.5) is 0 Å². The van der Waals surface area contributed by atoms with Crippen LogP contribution in [0.15, 0.2) is 48.9 Å². The first-order valence-corrected chi connectivity index (χ1v) is 11.3. The zero-order valence-electron chi connectivity index (χ0n) is 17.9. The van der Waals surface area contributed by atoms with E-state index in [0.29, 0.717) is 42.2 Å². The van der Waals surface area contributed by atoms with Crippen LogP contribution in [0.5, 0.6) is 5.75 Å². The summed E-state index contributed by atoms with van der Waals surface area (Å²) in [5, 5.41) is 7.49. The molecule has 4 heterocycles. The second-order valence-electron chi connectivity index (χ2n) is 8.52. The topological polar surface area (TPSA) is 88.8 Å². The average molecular weight is 434 g/mol. The van der Waals surface area contributed by atoms with Crippen LogP contribution in [-0.4, -0.2) is 57.1 Å². The van der Waals surface area contributed by atoms with E-state index in [-0.39, 0.29) is 23.8 Å². The van der Waals surface area contributed by atoms with Crippen molar-refractivity contribution in [3.8, 4) is 5.75 Å². The third-order valence-corrected chi connectivity index (χ3v) is 6.46. The summed E-state index contributed by atoms with van der Waals surface area (Å²) in [4.78, 5) is 32.5. The van der Waals surface area contributed by atoms with Crippen molar-refractivity contribution in [1.29, 1.82) is 0 Å². The molecule has 32 heavy (non-hydrogen) atoms. The number of nitrogens with zero attached hydrogens (tertiary/aromatic N) is 4. The highest BCUT2D eigenvalue weighted by molar-refractivity contribution is 6.00. The summed E-state index contributed by atoms with van der Waals surface area (Å²) >= 11 is 0. The van der Waals surface area contributed by atoms with Crippen LogP contribution in [0.3, 0.4) is 0 Å². The normalized spacial score (nSPS) is 22.0. The van der Waals surface area contributed by atoms with Crippen molar-refractivity contribution in [2.45, 2.75) is 38.1 Å². The lowest BCUT2D eigenvalue weighted by Crippen LogP contribution is -2.52. The van der Waals surface area contributed by atoms with Crippen molar-refractivity contribution in [3.05, 3.63) is 60.0 Å². The van der Waals surface area contributed by atoms with Gasteiger partial charge in [0.1, 0.15) is 11.3 Å². The summed E-state index contributed by atoms with van der Waals surface area (Å²) in [6.45, 7) is 1.80. The van der Waals surface area contributed by atoms with Gasteiger partial charge in [-0.3, -0.25) is 9.59 Å². The Morgan fingerprint density at radius 3 is 2.97 bits per heavy atom. The minimum absolute atomic E-state index is 0.0288. The highest BCUT2D eigenvalue weighted by atomic mass is 16.5. The molecule has 166 valence electrons. The number of aromatic nitrogens is 3. The molecule has 2 aliphatic heterocycles. The molecule has 1 fully saturated rings. The number of piperidine rings is 1. The summed E-state index contributed by atoms with van der Waals surface area (Å²) in [5.74, 6) is 0.686. The summed E-state index contributed by atoms with van der Waals surface area (Å²) in [6, 6.07) is 9.22. The number of benzene rings is 1. The van der Waals surface area contributed by atoms with Crippen molar-refractivity contribution in [2.75, 3.05) is 19.7 Å². The van der Waals surface area contributed by atoms with E-state index in [9.17, 15) is 9.59 Å². The molecular weight excluding hydrogens is 406 g/mol. The van der Waals surface area contributed by atoms with Gasteiger partial charge in [-0.25, -0.2) is 9.50 Å². The molecule has 2 aromatic heterocycles. The number of likely N-dealkylation sites (tertiary alicyclic amines) is 1. The summed E-state index contributed by atoms with van der Waals surface area (Å²) in [6.07, 6.45) is 9.79. The van der Waals surface area contributed by atoms with Gasteiger partial charge >= 0.3 is 0 Å². The molecule has 5 rings (SSSR count). The first-order valence-electron chi connectivity index (χ1n) is 11.3. The lowest BCUT2D eigenvalue weighted by molar-refractivity contribution is 0.0606. The van der Waals surface area contributed by atoms with Crippen LogP contribution in [-0.2, 0) is 0 Å². The lowest BCUT2D eigenvalue weighted by atomic mass is 9.87. The van der Waals surface area contributed by atoms with Gasteiger partial charge in [-0.2, -0.15) is 5.10 Å². The molecule has 0 aliphatic carbocycles. The fourth-order valence-electron chi connectivity index (χ4n) is 4.74. The maximum absolute atomic E-state index is 13.3. The van der Waals surface area contributed by atoms with E-state index in [1.165, 1.54) is 0 Å². The van der Waals surface area contributed by atoms with Gasteiger partial charge in [0, 0.05) is 31.5 Å². The van der Waals surface area contributed by atoms with Crippen molar-refractivity contribution >= 4 is 17.5 Å². The van der Waals surface area contributed by atoms with Crippen molar-refractivity contribution in [1.82, 2.24) is 24.8 Å². The molecule has 8 heteroatoms. The predicted octanol–water partition coefficient (Wildman–Crippen LogP) is 2.94. The Kier molecular flexibility index (Phi) is 5.75. The number of amides is 2. The molecular formula is C24H27N5O3. The number of carbonyl (C=O) groups is 2. The van der Waals surface area contributed by atoms with Crippen LogP contribution in [0.1, 0.15) is 52.8 Å². The number of ether oxygens (including phenoxy) is 1. The zero-order valence-corrected chi connectivity index (χ0v) is 17.9. The molecule has 1 aromatic carbocycles. The molecule has 0 unspecified atom stereocenters.